The third kappa shape index (κ3) is 8.60. The minimum atomic E-state index is -4.97. The SMILES string of the molecule is O=S(=O)(O)c1cc2c(O)c(c1)Cc1cc(S(=O)(=O)O)cc(c1O)Cc1cc(-c3ccccc3)cc(c1OS(=O)(=O)c1ccccc1)Cc1cc(-c3ccccc3)cc(c1O)C2. The van der Waals surface area contributed by atoms with Crippen molar-refractivity contribution in [2.45, 2.75) is 40.4 Å². The van der Waals surface area contributed by atoms with E-state index >= 15 is 0 Å². The van der Waals surface area contributed by atoms with Gasteiger partial charge in [0.15, 0.2) is 0 Å². The average Bonchev–Trinajstić information content (AvgIpc) is 3.22. The van der Waals surface area contributed by atoms with E-state index in [4.69, 9.17) is 4.18 Å². The largest absolute Gasteiger partial charge is 0.507 e. The molecule has 0 amide bonds. The van der Waals surface area contributed by atoms with Gasteiger partial charge in [0.05, 0.1) is 9.79 Å². The van der Waals surface area contributed by atoms with E-state index in [2.05, 4.69) is 0 Å². The third-order valence-electron chi connectivity index (χ3n) is 10.6. The van der Waals surface area contributed by atoms with Crippen molar-refractivity contribution < 1.29 is 53.9 Å². The Bertz CT molecular complexity index is 3190. The Morgan fingerprint density at radius 2 is 0.656 bits per heavy atom. The molecule has 61 heavy (non-hydrogen) atoms. The summed E-state index contributed by atoms with van der Waals surface area (Å²) < 4.78 is 105. The summed E-state index contributed by atoms with van der Waals surface area (Å²) in [5.41, 5.74) is 3.06. The topological polar surface area (TPSA) is 213 Å². The number of rotatable bonds is 7. The van der Waals surface area contributed by atoms with Gasteiger partial charge in [-0.15, -0.1) is 0 Å². The zero-order chi connectivity index (χ0) is 43.3. The van der Waals surface area contributed by atoms with Gasteiger partial charge in [0, 0.05) is 59.1 Å². The van der Waals surface area contributed by atoms with Gasteiger partial charge in [-0.25, -0.2) is 0 Å². The highest BCUT2D eigenvalue weighted by Gasteiger charge is 2.28. The van der Waals surface area contributed by atoms with Crippen LogP contribution in [-0.4, -0.2) is 49.7 Å². The molecule has 0 aliphatic heterocycles. The lowest BCUT2D eigenvalue weighted by atomic mass is 9.88. The van der Waals surface area contributed by atoms with E-state index in [1.165, 1.54) is 24.3 Å². The maximum absolute atomic E-state index is 14.1. The summed E-state index contributed by atoms with van der Waals surface area (Å²) in [6, 6.07) is 36.4. The van der Waals surface area contributed by atoms with Gasteiger partial charge in [0.25, 0.3) is 20.2 Å². The Hall–Kier alpha value is -6.49. The maximum Gasteiger partial charge on any atom is 0.339 e. The molecule has 0 heterocycles. The molecule has 1 aliphatic rings. The molecule has 310 valence electrons. The zero-order valence-electron chi connectivity index (χ0n) is 31.9. The second-order valence-electron chi connectivity index (χ2n) is 14.7. The third-order valence-corrected chi connectivity index (χ3v) is 13.5. The van der Waals surface area contributed by atoms with Crippen molar-refractivity contribution in [3.63, 3.8) is 0 Å². The van der Waals surface area contributed by atoms with E-state index in [1.807, 2.05) is 60.7 Å². The van der Waals surface area contributed by atoms with Crippen LogP contribution in [0.3, 0.4) is 0 Å². The first-order valence-electron chi connectivity index (χ1n) is 18.7. The molecule has 0 aromatic heterocycles. The standard InChI is InChI=1S/C46H36O12S3/c47-43-32-16-30(28-10-4-1-5-11-28)17-33(43)22-38-18-31(29-12-6-2-7-13-29)19-39(46(38)58-61(56,57)40-14-8-3-9-15-40)23-37-27-42(60(53,54)55)26-36(45(37)49)21-35-25-41(59(50,51)52)24-34(20-32)44(35)48/h1-19,24-27,47-49H,20-23H2,(H,50,51,52)(H,53,54,55). The van der Waals surface area contributed by atoms with Gasteiger partial charge in [0.1, 0.15) is 27.9 Å². The molecule has 7 aromatic carbocycles. The van der Waals surface area contributed by atoms with Crippen molar-refractivity contribution in [2.24, 2.45) is 0 Å². The first kappa shape index (κ1) is 41.3. The molecule has 0 unspecified atom stereocenters. The number of hydrogen-bond acceptors (Lipinski definition) is 10. The van der Waals surface area contributed by atoms with Gasteiger partial charge in [-0.05, 0) is 94.0 Å². The lowest BCUT2D eigenvalue weighted by Crippen LogP contribution is -2.13. The summed E-state index contributed by atoms with van der Waals surface area (Å²) in [7, 11) is -14.4. The van der Waals surface area contributed by atoms with Crippen LogP contribution in [-0.2, 0) is 56.0 Å². The summed E-state index contributed by atoms with van der Waals surface area (Å²) >= 11 is 0. The van der Waals surface area contributed by atoms with Gasteiger partial charge in [-0.1, -0.05) is 78.9 Å². The Labute approximate surface area is 352 Å². The number of hydrogen-bond donors (Lipinski definition) is 5. The van der Waals surface area contributed by atoms with Crippen molar-refractivity contribution in [1.82, 2.24) is 0 Å². The quantitative estimate of drug-likeness (QED) is 0.0760. The van der Waals surface area contributed by atoms with Crippen LogP contribution in [0.1, 0.15) is 44.5 Å². The fraction of sp³-hybridized carbons (Fsp3) is 0.0870. The van der Waals surface area contributed by atoms with Crippen LogP contribution >= 0.6 is 0 Å². The van der Waals surface area contributed by atoms with E-state index < -0.39 is 58.1 Å². The highest BCUT2D eigenvalue weighted by atomic mass is 32.2. The molecule has 0 saturated carbocycles. The predicted molar refractivity (Wildman–Crippen MR) is 227 cm³/mol. The van der Waals surface area contributed by atoms with Crippen LogP contribution in [0.4, 0.5) is 0 Å². The molecular weight excluding hydrogens is 841 g/mol. The minimum absolute atomic E-state index is 0.0549. The van der Waals surface area contributed by atoms with Crippen LogP contribution in [0, 0.1) is 0 Å². The average molecular weight is 877 g/mol. The fourth-order valence-electron chi connectivity index (χ4n) is 7.61. The van der Waals surface area contributed by atoms with E-state index in [1.54, 1.807) is 30.3 Å². The number of aromatic hydroxyl groups is 3. The van der Waals surface area contributed by atoms with Crippen molar-refractivity contribution in [3.8, 4) is 45.3 Å². The maximum atomic E-state index is 14.1. The Kier molecular flexibility index (Phi) is 10.7. The van der Waals surface area contributed by atoms with Crippen LogP contribution in [0.25, 0.3) is 22.3 Å². The van der Waals surface area contributed by atoms with Crippen LogP contribution < -0.4 is 4.18 Å². The van der Waals surface area contributed by atoms with E-state index in [0.29, 0.717) is 16.7 Å². The number of phenols is 3. The number of phenolic OH excluding ortho intramolecular Hbond substituents is 3. The highest BCUT2D eigenvalue weighted by Crippen LogP contribution is 2.43. The lowest BCUT2D eigenvalue weighted by Gasteiger charge is -2.21. The summed E-state index contributed by atoms with van der Waals surface area (Å²) in [5.74, 6) is -1.41. The fourth-order valence-corrected chi connectivity index (χ4v) is 9.79. The first-order chi connectivity index (χ1) is 28.9. The molecule has 0 saturated heterocycles. The zero-order valence-corrected chi connectivity index (χ0v) is 34.4. The summed E-state index contributed by atoms with van der Waals surface area (Å²) in [4.78, 5) is -1.44. The molecule has 8 bridgehead atoms. The van der Waals surface area contributed by atoms with Crippen molar-refractivity contribution in [3.05, 3.63) is 184 Å². The molecule has 7 aromatic rings. The molecule has 1 aliphatic carbocycles. The van der Waals surface area contributed by atoms with Gasteiger partial charge in [-0.3, -0.25) is 9.11 Å². The molecule has 0 radical (unpaired) electrons. The van der Waals surface area contributed by atoms with E-state index in [0.717, 1.165) is 29.8 Å². The van der Waals surface area contributed by atoms with Crippen molar-refractivity contribution >= 4 is 30.4 Å². The second kappa shape index (κ2) is 15.8. The Morgan fingerprint density at radius 1 is 0.361 bits per heavy atom. The predicted octanol–water partition coefficient (Wildman–Crippen LogP) is 8.08. The van der Waals surface area contributed by atoms with E-state index in [9.17, 15) is 49.7 Å². The molecule has 15 heteroatoms. The van der Waals surface area contributed by atoms with Gasteiger partial charge < -0.3 is 19.5 Å². The highest BCUT2D eigenvalue weighted by molar-refractivity contribution is 7.87. The summed E-state index contributed by atoms with van der Waals surface area (Å²) in [6.45, 7) is 0. The minimum Gasteiger partial charge on any atom is -0.507 e. The molecule has 5 N–H and O–H groups in total. The lowest BCUT2D eigenvalue weighted by molar-refractivity contribution is 0.452. The number of fused-ring (bicyclic) bond motifs is 8. The molecule has 0 atom stereocenters. The second-order valence-corrected chi connectivity index (χ2v) is 19.1. The molecule has 0 fully saturated rings. The molecular formula is C46H36O12S3. The summed E-state index contributed by atoms with van der Waals surface area (Å²) in [5, 5.41) is 35.7. The van der Waals surface area contributed by atoms with E-state index in [-0.39, 0.29) is 80.2 Å². The first-order valence-corrected chi connectivity index (χ1v) is 23.0. The summed E-state index contributed by atoms with van der Waals surface area (Å²) in [6.07, 6.45) is -1.38. The van der Waals surface area contributed by atoms with Gasteiger partial charge >= 0.3 is 10.1 Å². The van der Waals surface area contributed by atoms with Crippen LogP contribution in [0.2, 0.25) is 0 Å². The molecule has 8 rings (SSSR count). The molecule has 0 spiro atoms. The monoisotopic (exact) mass is 876 g/mol. The van der Waals surface area contributed by atoms with Gasteiger partial charge in [0.2, 0.25) is 0 Å². The van der Waals surface area contributed by atoms with Gasteiger partial charge in [-0.2, -0.15) is 25.3 Å². The van der Waals surface area contributed by atoms with Crippen molar-refractivity contribution in [2.75, 3.05) is 0 Å². The molecule has 12 nitrogen and oxygen atoms in total. The Morgan fingerprint density at radius 3 is 1.00 bits per heavy atom. The number of benzene rings is 7. The smallest absolute Gasteiger partial charge is 0.339 e. The van der Waals surface area contributed by atoms with Crippen LogP contribution in [0.15, 0.2) is 154 Å². The normalized spacial score (nSPS) is 13.1. The van der Waals surface area contributed by atoms with Crippen molar-refractivity contribution in [1.29, 1.82) is 0 Å². The Balaban J connectivity index is 1.48. The van der Waals surface area contributed by atoms with Crippen LogP contribution in [0.5, 0.6) is 23.0 Å².